The summed E-state index contributed by atoms with van der Waals surface area (Å²) in [5.74, 6) is 0. The minimum Gasteiger partial charge on any atom is -0.281 e. The van der Waals surface area contributed by atoms with Gasteiger partial charge in [0.1, 0.15) is 9.79 Å². The molecule has 0 spiro atoms. The van der Waals surface area contributed by atoms with Crippen LogP contribution in [0.1, 0.15) is 36.1 Å². The van der Waals surface area contributed by atoms with Crippen LogP contribution in [0.4, 0.5) is 0 Å². The lowest BCUT2D eigenvalue weighted by molar-refractivity contribution is 0.404. The van der Waals surface area contributed by atoms with Crippen LogP contribution in [-0.2, 0) is 26.6 Å². The van der Waals surface area contributed by atoms with Crippen LogP contribution < -0.4 is 0 Å². The van der Waals surface area contributed by atoms with E-state index in [2.05, 4.69) is 15.3 Å². The number of aromatic amines is 1. The highest BCUT2D eigenvalue weighted by Crippen LogP contribution is 2.27. The smallest absolute Gasteiger partial charge is 0.246 e. The molecule has 0 radical (unpaired) electrons. The third-order valence-corrected chi connectivity index (χ3v) is 9.60. The Morgan fingerprint density at radius 3 is 1.86 bits per heavy atom. The van der Waals surface area contributed by atoms with Crippen LogP contribution in [0.25, 0.3) is 0 Å². The maximum Gasteiger partial charge on any atom is 0.246 e. The second kappa shape index (κ2) is 7.82. The molecule has 1 aliphatic heterocycles. The number of hydrogen-bond donors (Lipinski definition) is 1. The summed E-state index contributed by atoms with van der Waals surface area (Å²) in [5.41, 5.74) is 1.95. The molecule has 2 aromatic rings. The zero-order valence-electron chi connectivity index (χ0n) is 17.4. The highest BCUT2D eigenvalue weighted by molar-refractivity contribution is 7.89. The fourth-order valence-corrected chi connectivity index (χ4v) is 7.54. The molecule has 12 heteroatoms. The highest BCUT2D eigenvalue weighted by Gasteiger charge is 2.36. The van der Waals surface area contributed by atoms with E-state index < -0.39 is 20.0 Å². The van der Waals surface area contributed by atoms with Crippen molar-refractivity contribution >= 4 is 20.0 Å². The Hall–Kier alpha value is -1.76. The Kier molecular flexibility index (Phi) is 5.91. The summed E-state index contributed by atoms with van der Waals surface area (Å²) in [5, 5.41) is 11.0. The van der Waals surface area contributed by atoms with Crippen LogP contribution in [0.2, 0.25) is 0 Å². The number of sulfonamides is 2. The summed E-state index contributed by atoms with van der Waals surface area (Å²) in [6, 6.07) is 0. The van der Waals surface area contributed by atoms with Crippen LogP contribution in [-0.4, -0.2) is 71.6 Å². The van der Waals surface area contributed by atoms with Gasteiger partial charge in [0.05, 0.1) is 22.8 Å². The molecule has 3 rings (SSSR count). The largest absolute Gasteiger partial charge is 0.281 e. The number of rotatable bonds is 5. The second-order valence-electron chi connectivity index (χ2n) is 7.24. The number of hydrogen-bond acceptors (Lipinski definition) is 6. The second-order valence-corrected chi connectivity index (χ2v) is 11.0. The van der Waals surface area contributed by atoms with Gasteiger partial charge in [0.2, 0.25) is 20.0 Å². The Bertz CT molecular complexity index is 1100. The minimum absolute atomic E-state index is 0.0889. The van der Waals surface area contributed by atoms with Gasteiger partial charge in [-0.2, -0.15) is 18.8 Å². The molecule has 162 valence electrons. The molecule has 0 aromatic carbocycles. The zero-order chi connectivity index (χ0) is 21.6. The maximum absolute atomic E-state index is 13.3. The van der Waals surface area contributed by atoms with Crippen molar-refractivity contribution in [1.29, 1.82) is 0 Å². The Morgan fingerprint density at radius 1 is 0.862 bits per heavy atom. The van der Waals surface area contributed by atoms with Crippen molar-refractivity contribution in [3.63, 3.8) is 0 Å². The molecule has 1 N–H and O–H groups in total. The molecular weight excluding hydrogens is 416 g/mol. The van der Waals surface area contributed by atoms with Crippen molar-refractivity contribution in [1.82, 2.24) is 28.6 Å². The summed E-state index contributed by atoms with van der Waals surface area (Å²) < 4.78 is 57.2. The van der Waals surface area contributed by atoms with Crippen LogP contribution in [0, 0.1) is 27.7 Å². The van der Waals surface area contributed by atoms with E-state index in [1.54, 1.807) is 32.4 Å². The van der Waals surface area contributed by atoms with Gasteiger partial charge in [0.15, 0.2) is 0 Å². The van der Waals surface area contributed by atoms with Gasteiger partial charge in [-0.3, -0.25) is 9.78 Å². The lowest BCUT2D eigenvalue weighted by Crippen LogP contribution is -2.37. The summed E-state index contributed by atoms with van der Waals surface area (Å²) in [7, 11) is -7.52. The third kappa shape index (κ3) is 3.74. The van der Waals surface area contributed by atoms with E-state index >= 15 is 0 Å². The van der Waals surface area contributed by atoms with E-state index in [1.165, 1.54) is 8.61 Å². The van der Waals surface area contributed by atoms with E-state index in [0.717, 1.165) is 0 Å². The molecule has 0 saturated carbocycles. The number of nitrogens with one attached hydrogen (secondary N) is 1. The van der Waals surface area contributed by atoms with Gasteiger partial charge >= 0.3 is 0 Å². The van der Waals surface area contributed by atoms with Gasteiger partial charge in [-0.15, -0.1) is 0 Å². The quantitative estimate of drug-likeness (QED) is 0.733. The molecule has 10 nitrogen and oxygen atoms in total. The van der Waals surface area contributed by atoms with Gasteiger partial charge in [0, 0.05) is 32.7 Å². The van der Waals surface area contributed by atoms with E-state index in [0.29, 0.717) is 35.7 Å². The van der Waals surface area contributed by atoms with E-state index in [-0.39, 0.29) is 36.0 Å². The van der Waals surface area contributed by atoms with Gasteiger partial charge in [-0.1, -0.05) is 0 Å². The van der Waals surface area contributed by atoms with Gasteiger partial charge in [0.25, 0.3) is 0 Å². The lowest BCUT2D eigenvalue weighted by atomic mass is 10.4. The molecule has 2 aromatic heterocycles. The predicted molar refractivity (Wildman–Crippen MR) is 108 cm³/mol. The van der Waals surface area contributed by atoms with Crippen molar-refractivity contribution in [2.45, 2.75) is 57.4 Å². The normalized spacial score (nSPS) is 17.6. The van der Waals surface area contributed by atoms with Crippen LogP contribution in [0.15, 0.2) is 9.79 Å². The molecule has 1 saturated heterocycles. The topological polar surface area (TPSA) is 121 Å². The monoisotopic (exact) mass is 444 g/mol. The van der Waals surface area contributed by atoms with E-state index in [1.807, 2.05) is 6.92 Å². The fourth-order valence-electron chi connectivity index (χ4n) is 3.89. The molecule has 0 amide bonds. The standard InChI is InChI=1S/C17H28N6O4S2/c1-6-23-15(5)17(14(4)20-23)29(26,27)22-9-7-8-21(10-11-22)28(24,25)16-12(2)18-19-13(16)3/h6-11H2,1-5H3,(H,18,19). The summed E-state index contributed by atoms with van der Waals surface area (Å²) in [4.78, 5) is 0.391. The van der Waals surface area contributed by atoms with Crippen molar-refractivity contribution in [2.75, 3.05) is 26.2 Å². The molecule has 0 atom stereocenters. The molecule has 0 aliphatic carbocycles. The molecule has 1 fully saturated rings. The van der Waals surface area contributed by atoms with Crippen LogP contribution in [0.3, 0.4) is 0 Å². The van der Waals surface area contributed by atoms with Crippen molar-refractivity contribution in [2.24, 2.45) is 0 Å². The number of aryl methyl sites for hydroxylation is 4. The van der Waals surface area contributed by atoms with E-state index in [4.69, 9.17) is 0 Å². The number of nitrogens with zero attached hydrogens (tertiary/aromatic N) is 5. The average Bonchev–Trinajstić information content (AvgIpc) is 3.00. The lowest BCUT2D eigenvalue weighted by Gasteiger charge is -2.22. The minimum atomic E-state index is -3.77. The zero-order valence-corrected chi connectivity index (χ0v) is 19.1. The first-order valence-electron chi connectivity index (χ1n) is 9.57. The Balaban J connectivity index is 1.88. The van der Waals surface area contributed by atoms with Crippen molar-refractivity contribution in [3.8, 4) is 0 Å². The summed E-state index contributed by atoms with van der Waals surface area (Å²) in [6.45, 7) is 9.92. The molecule has 0 bridgehead atoms. The van der Waals surface area contributed by atoms with Crippen LogP contribution in [0.5, 0.6) is 0 Å². The first-order chi connectivity index (χ1) is 13.5. The molecule has 29 heavy (non-hydrogen) atoms. The summed E-state index contributed by atoms with van der Waals surface area (Å²) in [6.07, 6.45) is 0.411. The van der Waals surface area contributed by atoms with Crippen molar-refractivity contribution in [3.05, 3.63) is 22.8 Å². The van der Waals surface area contributed by atoms with Gasteiger partial charge < -0.3 is 0 Å². The Labute approximate surface area is 172 Å². The Morgan fingerprint density at radius 2 is 1.41 bits per heavy atom. The number of aromatic nitrogens is 4. The SMILES string of the molecule is CCn1nc(C)c(S(=O)(=O)N2CCCN(S(=O)(=O)c3c(C)n[nH]c3C)CC2)c1C. The predicted octanol–water partition coefficient (Wildman–Crippen LogP) is 0.945. The first-order valence-corrected chi connectivity index (χ1v) is 12.5. The molecule has 1 aliphatic rings. The fraction of sp³-hybridized carbons (Fsp3) is 0.647. The molecular formula is C17H28N6O4S2. The molecule has 0 unspecified atom stereocenters. The highest BCUT2D eigenvalue weighted by atomic mass is 32.2. The first kappa shape index (κ1) is 21.9. The third-order valence-electron chi connectivity index (χ3n) is 5.28. The van der Waals surface area contributed by atoms with E-state index in [9.17, 15) is 16.8 Å². The summed E-state index contributed by atoms with van der Waals surface area (Å²) >= 11 is 0. The molecule has 3 heterocycles. The van der Waals surface area contributed by atoms with Crippen molar-refractivity contribution < 1.29 is 16.8 Å². The van der Waals surface area contributed by atoms with Crippen LogP contribution >= 0.6 is 0 Å². The average molecular weight is 445 g/mol. The maximum atomic E-state index is 13.3. The van der Waals surface area contributed by atoms with Gasteiger partial charge in [-0.05, 0) is 41.0 Å². The number of H-pyrrole nitrogens is 1. The van der Waals surface area contributed by atoms with Gasteiger partial charge in [-0.25, -0.2) is 16.8 Å².